The summed E-state index contributed by atoms with van der Waals surface area (Å²) in [4.78, 5) is 18.3. The van der Waals surface area contributed by atoms with E-state index in [0.29, 0.717) is 43.6 Å². The number of likely N-dealkylation sites (N-methyl/N-ethyl adjacent to an activating group) is 1. The predicted octanol–water partition coefficient (Wildman–Crippen LogP) is 3.47. The lowest BCUT2D eigenvalue weighted by Crippen LogP contribution is -2.43. The van der Waals surface area contributed by atoms with Crippen molar-refractivity contribution in [2.75, 3.05) is 25.1 Å². The Hall–Kier alpha value is -2.88. The highest BCUT2D eigenvalue weighted by Crippen LogP contribution is 2.36. The van der Waals surface area contributed by atoms with Gasteiger partial charge < -0.3 is 19.7 Å². The second-order valence-corrected chi connectivity index (χ2v) is 11.9. The van der Waals surface area contributed by atoms with E-state index < -0.39 is 16.1 Å². The Morgan fingerprint density at radius 2 is 1.86 bits per heavy atom. The molecule has 36 heavy (non-hydrogen) atoms. The van der Waals surface area contributed by atoms with Crippen LogP contribution in [0, 0.1) is 13.8 Å². The van der Waals surface area contributed by atoms with Gasteiger partial charge in [-0.05, 0) is 74.2 Å². The molecule has 1 aliphatic carbocycles. The van der Waals surface area contributed by atoms with Gasteiger partial charge in [0.1, 0.15) is 12.4 Å². The maximum Gasteiger partial charge on any atom is 0.252 e. The molecule has 2 heterocycles. The van der Waals surface area contributed by atoms with Gasteiger partial charge in [0.15, 0.2) is 0 Å². The zero-order valence-corrected chi connectivity index (χ0v) is 21.8. The fourth-order valence-electron chi connectivity index (χ4n) is 5.25. The minimum absolute atomic E-state index is 0.0425. The Morgan fingerprint density at radius 1 is 1.11 bits per heavy atom. The molecule has 0 amide bonds. The van der Waals surface area contributed by atoms with Crippen molar-refractivity contribution in [2.24, 2.45) is 0 Å². The molecule has 2 aliphatic rings. The molecule has 5 rings (SSSR count). The third kappa shape index (κ3) is 4.51. The van der Waals surface area contributed by atoms with E-state index in [4.69, 9.17) is 4.74 Å². The van der Waals surface area contributed by atoms with Crippen molar-refractivity contribution in [1.82, 2.24) is 9.29 Å². The maximum atomic E-state index is 14.0. The van der Waals surface area contributed by atoms with Crippen LogP contribution in [0.3, 0.4) is 0 Å². The molecule has 0 atom stereocenters. The van der Waals surface area contributed by atoms with Crippen LogP contribution in [-0.2, 0) is 16.6 Å². The Balaban J connectivity index is 1.56. The molecule has 192 valence electrons. The number of ether oxygens (including phenoxy) is 1. The number of hydrogen-bond donors (Lipinski definition) is 2. The first-order valence-corrected chi connectivity index (χ1v) is 13.9. The number of anilines is 1. The predicted molar refractivity (Wildman–Crippen MR) is 140 cm³/mol. The van der Waals surface area contributed by atoms with E-state index >= 15 is 0 Å². The molecule has 1 fully saturated rings. The second kappa shape index (κ2) is 9.53. The Kier molecular flexibility index (Phi) is 6.57. The highest BCUT2D eigenvalue weighted by atomic mass is 32.2. The number of aliphatic hydroxyl groups is 1. The number of aliphatic hydroxyl groups excluding tert-OH is 1. The number of pyridine rings is 1. The number of nitrogens with zero attached hydrogens (tertiary/aromatic N) is 2. The summed E-state index contributed by atoms with van der Waals surface area (Å²) in [5, 5.41) is 10.9. The topological polar surface area (TPSA) is 103 Å². The monoisotopic (exact) mass is 511 g/mol. The molecule has 8 nitrogen and oxygen atoms in total. The van der Waals surface area contributed by atoms with Gasteiger partial charge in [-0.15, -0.1) is 0 Å². The van der Waals surface area contributed by atoms with Gasteiger partial charge in [-0.2, -0.15) is 4.31 Å². The summed E-state index contributed by atoms with van der Waals surface area (Å²) in [5.74, 6) is 0.540. The number of aryl methyl sites for hydroxylation is 2. The van der Waals surface area contributed by atoms with E-state index in [-0.39, 0.29) is 23.0 Å². The lowest BCUT2D eigenvalue weighted by Gasteiger charge is -2.35. The van der Waals surface area contributed by atoms with Gasteiger partial charge in [-0.25, -0.2) is 8.42 Å². The van der Waals surface area contributed by atoms with Gasteiger partial charge in [0.25, 0.3) is 5.56 Å². The molecule has 0 unspecified atom stereocenters. The van der Waals surface area contributed by atoms with Crippen LogP contribution >= 0.6 is 0 Å². The zero-order chi connectivity index (χ0) is 25.6. The van der Waals surface area contributed by atoms with Crippen LogP contribution < -0.4 is 15.2 Å². The van der Waals surface area contributed by atoms with Crippen LogP contribution in [0.25, 0.3) is 10.9 Å². The Morgan fingerprint density at radius 3 is 2.61 bits per heavy atom. The normalized spacial score (nSPS) is 20.4. The molecule has 0 radical (unpaired) electrons. The standard InChI is InChI=1S/C27H33N3O5S/c1-17-4-5-19-14-20(27(32)28-26(19)18(17)2)16-30(21-6-8-22(31)9-7-21)36(33,34)23-10-11-24-25(15-23)35-13-12-29(24)3/h4-5,10-11,14-15,21-22,31H,6-9,12-13,16H2,1-3H3,(H,28,32)/t21-,22+. The molecule has 3 aromatic rings. The Bertz CT molecular complexity index is 1460. The van der Waals surface area contributed by atoms with E-state index in [0.717, 1.165) is 34.3 Å². The van der Waals surface area contributed by atoms with Crippen molar-refractivity contribution >= 4 is 26.6 Å². The minimum Gasteiger partial charge on any atom is -0.490 e. The van der Waals surface area contributed by atoms with Gasteiger partial charge in [0, 0.05) is 31.3 Å². The number of nitrogens with one attached hydrogen (secondary N) is 1. The molecule has 1 saturated carbocycles. The number of aromatic nitrogens is 1. The van der Waals surface area contributed by atoms with Gasteiger partial charge >= 0.3 is 0 Å². The molecular weight excluding hydrogens is 478 g/mol. The van der Waals surface area contributed by atoms with E-state index in [2.05, 4.69) is 4.98 Å². The van der Waals surface area contributed by atoms with Crippen LogP contribution in [0.2, 0.25) is 0 Å². The summed E-state index contributed by atoms with van der Waals surface area (Å²) in [5.41, 5.74) is 3.81. The van der Waals surface area contributed by atoms with Crippen molar-refractivity contribution in [2.45, 2.75) is 63.1 Å². The summed E-state index contributed by atoms with van der Waals surface area (Å²) in [7, 11) is -2.00. The first-order chi connectivity index (χ1) is 17.1. The number of aromatic amines is 1. The number of fused-ring (bicyclic) bond motifs is 2. The Labute approximate surface area is 211 Å². The van der Waals surface area contributed by atoms with E-state index in [9.17, 15) is 18.3 Å². The lowest BCUT2D eigenvalue weighted by atomic mass is 9.93. The number of sulfonamides is 1. The van der Waals surface area contributed by atoms with Gasteiger partial charge in [-0.1, -0.05) is 12.1 Å². The van der Waals surface area contributed by atoms with Crippen LogP contribution in [-0.4, -0.2) is 55.2 Å². The van der Waals surface area contributed by atoms with Crippen molar-refractivity contribution < 1.29 is 18.3 Å². The van der Waals surface area contributed by atoms with E-state index in [1.807, 2.05) is 37.9 Å². The first kappa shape index (κ1) is 24.8. The maximum absolute atomic E-state index is 14.0. The fraction of sp³-hybridized carbons (Fsp3) is 0.444. The smallest absolute Gasteiger partial charge is 0.252 e. The second-order valence-electron chi connectivity index (χ2n) is 10.0. The van der Waals surface area contributed by atoms with E-state index in [1.165, 1.54) is 4.31 Å². The lowest BCUT2D eigenvalue weighted by molar-refractivity contribution is 0.0981. The number of H-pyrrole nitrogens is 1. The van der Waals surface area contributed by atoms with Crippen molar-refractivity contribution in [3.8, 4) is 5.75 Å². The van der Waals surface area contributed by atoms with Crippen LogP contribution in [0.1, 0.15) is 42.4 Å². The molecule has 0 spiro atoms. The highest BCUT2D eigenvalue weighted by Gasteiger charge is 2.35. The minimum atomic E-state index is -3.95. The zero-order valence-electron chi connectivity index (χ0n) is 21.0. The third-order valence-corrected chi connectivity index (χ3v) is 9.56. The molecule has 0 bridgehead atoms. The molecule has 2 aromatic carbocycles. The fourth-order valence-corrected chi connectivity index (χ4v) is 6.93. The molecule has 1 aromatic heterocycles. The molecule has 9 heteroatoms. The molecular formula is C27H33N3O5S. The quantitative estimate of drug-likeness (QED) is 0.544. The highest BCUT2D eigenvalue weighted by molar-refractivity contribution is 7.89. The van der Waals surface area contributed by atoms with Crippen LogP contribution in [0.4, 0.5) is 5.69 Å². The van der Waals surface area contributed by atoms with Gasteiger partial charge in [0.2, 0.25) is 10.0 Å². The summed E-state index contributed by atoms with van der Waals surface area (Å²) in [6.45, 7) is 5.14. The van der Waals surface area contributed by atoms with Crippen LogP contribution in [0.15, 0.2) is 46.1 Å². The van der Waals surface area contributed by atoms with Crippen LogP contribution in [0.5, 0.6) is 5.75 Å². The van der Waals surface area contributed by atoms with Gasteiger partial charge in [0.05, 0.1) is 28.7 Å². The molecule has 0 saturated heterocycles. The number of hydrogen-bond acceptors (Lipinski definition) is 6. The summed E-state index contributed by atoms with van der Waals surface area (Å²) < 4.78 is 35.3. The largest absolute Gasteiger partial charge is 0.490 e. The summed E-state index contributed by atoms with van der Waals surface area (Å²) in [6.07, 6.45) is 1.71. The summed E-state index contributed by atoms with van der Waals surface area (Å²) >= 11 is 0. The molecule has 2 N–H and O–H groups in total. The van der Waals surface area contributed by atoms with E-state index in [1.54, 1.807) is 24.3 Å². The van der Waals surface area contributed by atoms with Crippen molar-refractivity contribution in [3.05, 3.63) is 63.4 Å². The number of rotatable bonds is 5. The van der Waals surface area contributed by atoms with Gasteiger partial charge in [-0.3, -0.25) is 4.79 Å². The van der Waals surface area contributed by atoms with Crippen molar-refractivity contribution in [1.29, 1.82) is 0 Å². The van der Waals surface area contributed by atoms with Crippen molar-refractivity contribution in [3.63, 3.8) is 0 Å². The first-order valence-electron chi connectivity index (χ1n) is 12.4. The average Bonchev–Trinajstić information content (AvgIpc) is 2.86. The molecule has 1 aliphatic heterocycles. The third-order valence-electron chi connectivity index (χ3n) is 7.66. The average molecular weight is 512 g/mol. The SMILES string of the molecule is Cc1ccc2cc(CN([C@H]3CC[C@@H](O)CC3)S(=O)(=O)c3ccc4c(c3)OCCN4C)c(=O)[nH]c2c1C. The summed E-state index contributed by atoms with van der Waals surface area (Å²) in [6, 6.07) is 10.4. The number of benzene rings is 2.